The summed E-state index contributed by atoms with van der Waals surface area (Å²) in [6.07, 6.45) is 0. The molecule has 0 aliphatic carbocycles. The monoisotopic (exact) mass is 498 g/mol. The maximum Gasteiger partial charge on any atom is 0.116 e. The van der Waals surface area contributed by atoms with Crippen molar-refractivity contribution in [3.63, 3.8) is 0 Å². The van der Waals surface area contributed by atoms with Crippen LogP contribution >= 0.6 is 0 Å². The molecule has 0 heterocycles. The van der Waals surface area contributed by atoms with E-state index < -0.39 is 0 Å². The van der Waals surface area contributed by atoms with Crippen molar-refractivity contribution in [2.75, 3.05) is 9.80 Å². The molecular weight excluding hydrogens is 448 g/mol. The van der Waals surface area contributed by atoms with Gasteiger partial charge in [0, 0.05) is 22.7 Å². The lowest BCUT2D eigenvalue weighted by Gasteiger charge is -2.49. The molecule has 0 amide bonds. The molecule has 0 aliphatic heterocycles. The molecule has 0 spiro atoms. The van der Waals surface area contributed by atoms with Crippen LogP contribution < -0.4 is 9.80 Å². The lowest BCUT2D eigenvalue weighted by Crippen LogP contribution is -2.53. The van der Waals surface area contributed by atoms with Crippen LogP contribution in [0.3, 0.4) is 0 Å². The number of para-hydroxylation sites is 4. The fourth-order valence-corrected chi connectivity index (χ4v) is 3.97. The standard InChI is InChI=1S/C27H26N2.4C2H6/c1-27(2,28(23-15-7-3-8-16-23)24-17-9-4-10-18-24)29(25-19-11-5-12-20-25)26-21-13-6-14-22-26;4*1-2/h3-22H,1-2H3;4*1-2H3. The summed E-state index contributed by atoms with van der Waals surface area (Å²) in [7, 11) is 0. The number of nitrogens with zero attached hydrogens (tertiary/aromatic N) is 2. The van der Waals surface area contributed by atoms with Gasteiger partial charge in [0.25, 0.3) is 0 Å². The van der Waals surface area contributed by atoms with Crippen LogP contribution in [-0.2, 0) is 0 Å². The van der Waals surface area contributed by atoms with Crippen molar-refractivity contribution >= 4 is 22.7 Å². The Hall–Kier alpha value is -3.52. The van der Waals surface area contributed by atoms with Crippen LogP contribution in [0, 0.1) is 0 Å². The molecule has 0 unspecified atom stereocenters. The molecular formula is C35H50N2. The van der Waals surface area contributed by atoms with Gasteiger partial charge in [0.2, 0.25) is 0 Å². The maximum absolute atomic E-state index is 2.40. The van der Waals surface area contributed by atoms with Crippen LogP contribution in [0.15, 0.2) is 121 Å². The van der Waals surface area contributed by atoms with Gasteiger partial charge in [-0.3, -0.25) is 0 Å². The van der Waals surface area contributed by atoms with Gasteiger partial charge in [0.15, 0.2) is 0 Å². The summed E-state index contributed by atoms with van der Waals surface area (Å²) in [5.41, 5.74) is 4.23. The average molecular weight is 499 g/mol. The molecule has 0 fully saturated rings. The van der Waals surface area contributed by atoms with Crippen LogP contribution in [0.5, 0.6) is 0 Å². The first-order valence-electron chi connectivity index (χ1n) is 14.0. The third-order valence-corrected chi connectivity index (χ3v) is 5.15. The zero-order chi connectivity index (χ0) is 28.1. The summed E-state index contributed by atoms with van der Waals surface area (Å²) in [6, 6.07) is 42.4. The van der Waals surface area contributed by atoms with E-state index in [2.05, 4.69) is 145 Å². The van der Waals surface area contributed by atoms with Gasteiger partial charge >= 0.3 is 0 Å². The zero-order valence-electron chi connectivity index (χ0n) is 24.9. The van der Waals surface area contributed by atoms with Gasteiger partial charge in [-0.25, -0.2) is 0 Å². The van der Waals surface area contributed by atoms with Crippen molar-refractivity contribution in [3.8, 4) is 0 Å². The molecule has 0 saturated heterocycles. The van der Waals surface area contributed by atoms with Crippen molar-refractivity contribution in [3.05, 3.63) is 121 Å². The molecule has 4 rings (SSSR count). The van der Waals surface area contributed by atoms with Crippen LogP contribution in [0.4, 0.5) is 22.7 Å². The molecule has 0 atom stereocenters. The Labute approximate surface area is 228 Å². The highest BCUT2D eigenvalue weighted by Gasteiger charge is 2.36. The summed E-state index contributed by atoms with van der Waals surface area (Å²) in [5.74, 6) is 0. The average Bonchev–Trinajstić information content (AvgIpc) is 2.99. The summed E-state index contributed by atoms with van der Waals surface area (Å²) >= 11 is 0. The van der Waals surface area contributed by atoms with E-state index in [4.69, 9.17) is 0 Å². The maximum atomic E-state index is 2.40. The van der Waals surface area contributed by atoms with Gasteiger partial charge in [0.05, 0.1) is 0 Å². The summed E-state index contributed by atoms with van der Waals surface area (Å²) in [4.78, 5) is 4.79. The molecule has 0 N–H and O–H groups in total. The second kappa shape index (κ2) is 19.6. The van der Waals surface area contributed by atoms with Gasteiger partial charge in [-0.2, -0.15) is 0 Å². The van der Waals surface area contributed by atoms with E-state index in [9.17, 15) is 0 Å². The normalized spacial score (nSPS) is 9.35. The van der Waals surface area contributed by atoms with E-state index in [0.29, 0.717) is 0 Å². The van der Waals surface area contributed by atoms with Crippen LogP contribution in [0.2, 0.25) is 0 Å². The smallest absolute Gasteiger partial charge is 0.116 e. The Morgan fingerprint density at radius 2 is 0.486 bits per heavy atom. The van der Waals surface area contributed by atoms with Crippen molar-refractivity contribution < 1.29 is 0 Å². The molecule has 2 nitrogen and oxygen atoms in total. The second-order valence-electron chi connectivity index (χ2n) is 7.51. The highest BCUT2D eigenvalue weighted by molar-refractivity contribution is 5.73. The Bertz CT molecular complexity index is 850. The minimum Gasteiger partial charge on any atom is -0.318 e. The minimum absolute atomic E-state index is 0.384. The van der Waals surface area contributed by atoms with E-state index in [1.165, 1.54) is 0 Å². The molecule has 0 aromatic heterocycles. The van der Waals surface area contributed by atoms with Crippen LogP contribution in [0.1, 0.15) is 69.2 Å². The third-order valence-electron chi connectivity index (χ3n) is 5.15. The van der Waals surface area contributed by atoms with Gasteiger partial charge in [-0.05, 0) is 62.4 Å². The highest BCUT2D eigenvalue weighted by Crippen LogP contribution is 2.41. The number of hydrogen-bond donors (Lipinski definition) is 0. The largest absolute Gasteiger partial charge is 0.318 e. The third kappa shape index (κ3) is 9.46. The van der Waals surface area contributed by atoms with Gasteiger partial charge in [-0.15, -0.1) is 0 Å². The molecule has 4 aromatic carbocycles. The Kier molecular flexibility index (Phi) is 17.8. The minimum atomic E-state index is -0.384. The number of anilines is 4. The summed E-state index contributed by atoms with van der Waals surface area (Å²) < 4.78 is 0. The predicted molar refractivity (Wildman–Crippen MR) is 170 cm³/mol. The molecule has 0 bridgehead atoms. The van der Waals surface area contributed by atoms with Crippen molar-refractivity contribution in [1.82, 2.24) is 0 Å². The molecule has 2 heteroatoms. The van der Waals surface area contributed by atoms with E-state index in [0.717, 1.165) is 22.7 Å². The molecule has 200 valence electrons. The zero-order valence-corrected chi connectivity index (χ0v) is 24.9. The molecule has 0 aliphatic rings. The molecule has 4 aromatic rings. The highest BCUT2D eigenvalue weighted by atomic mass is 15.4. The summed E-state index contributed by atoms with van der Waals surface area (Å²) in [5, 5.41) is 0. The first kappa shape index (κ1) is 33.5. The number of hydrogen-bond acceptors (Lipinski definition) is 2. The van der Waals surface area contributed by atoms with Gasteiger partial charge in [-0.1, -0.05) is 128 Å². The fraction of sp³-hybridized carbons (Fsp3) is 0.314. The van der Waals surface area contributed by atoms with E-state index in [1.54, 1.807) is 0 Å². The van der Waals surface area contributed by atoms with Gasteiger partial charge < -0.3 is 9.80 Å². The van der Waals surface area contributed by atoms with E-state index in [1.807, 2.05) is 55.4 Å². The van der Waals surface area contributed by atoms with Crippen molar-refractivity contribution in [2.45, 2.75) is 74.9 Å². The van der Waals surface area contributed by atoms with Crippen LogP contribution in [-0.4, -0.2) is 5.66 Å². The van der Waals surface area contributed by atoms with Crippen LogP contribution in [0.25, 0.3) is 0 Å². The van der Waals surface area contributed by atoms with Crippen molar-refractivity contribution in [1.29, 1.82) is 0 Å². The van der Waals surface area contributed by atoms with E-state index in [-0.39, 0.29) is 5.66 Å². The Morgan fingerprint density at radius 3 is 0.649 bits per heavy atom. The molecule has 37 heavy (non-hydrogen) atoms. The summed E-state index contributed by atoms with van der Waals surface area (Å²) in [6.45, 7) is 20.5. The lowest BCUT2D eigenvalue weighted by molar-refractivity contribution is 0.514. The first-order chi connectivity index (χ1) is 18.2. The first-order valence-corrected chi connectivity index (χ1v) is 14.0. The van der Waals surface area contributed by atoms with E-state index >= 15 is 0 Å². The number of rotatable bonds is 6. The topological polar surface area (TPSA) is 6.48 Å². The predicted octanol–water partition coefficient (Wildman–Crippen LogP) is 11.5. The number of benzene rings is 4. The Morgan fingerprint density at radius 1 is 0.324 bits per heavy atom. The molecule has 0 saturated carbocycles. The fourth-order valence-electron chi connectivity index (χ4n) is 3.97. The second-order valence-corrected chi connectivity index (χ2v) is 7.51. The lowest BCUT2D eigenvalue weighted by atomic mass is 10.0. The van der Waals surface area contributed by atoms with Crippen molar-refractivity contribution in [2.24, 2.45) is 0 Å². The SMILES string of the molecule is CC.CC.CC.CC.CC(C)(N(c1ccccc1)c1ccccc1)N(c1ccccc1)c1ccccc1. The quantitative estimate of drug-likeness (QED) is 0.244. The Balaban J connectivity index is 0.00000148. The molecule has 0 radical (unpaired) electrons. The van der Waals surface area contributed by atoms with Gasteiger partial charge in [0.1, 0.15) is 5.66 Å².